The van der Waals surface area contributed by atoms with Gasteiger partial charge in [0.25, 0.3) is 0 Å². The van der Waals surface area contributed by atoms with Gasteiger partial charge in [-0.2, -0.15) is 0 Å². The molecular weight excluding hydrogens is 180 g/mol. The van der Waals surface area contributed by atoms with Gasteiger partial charge < -0.3 is 5.32 Å². The van der Waals surface area contributed by atoms with E-state index in [1.165, 1.54) is 0 Å². The topological polar surface area (TPSA) is 24.4 Å². The number of halogens is 1. The van der Waals surface area contributed by atoms with Crippen LogP contribution in [0.5, 0.6) is 0 Å². The Labute approximate surface area is 63.2 Å². The van der Waals surface area contributed by atoms with E-state index in [1.807, 2.05) is 6.08 Å². The van der Waals surface area contributed by atoms with E-state index in [0.29, 0.717) is 6.04 Å². The Kier molecular flexibility index (Phi) is 2.28. The van der Waals surface area contributed by atoms with Crippen LogP contribution in [0.4, 0.5) is 0 Å². The fraction of sp³-hybridized carbons (Fsp3) is 0.500. The molecule has 1 aliphatic rings. The van der Waals surface area contributed by atoms with Crippen molar-refractivity contribution in [1.29, 1.82) is 0 Å². The third-order valence-corrected chi connectivity index (χ3v) is 1.63. The standard InChI is InChI=1S/C6H8BrN2/c1-2-5-3-6(7)9-4-8-5/h3,5H,2H2,1H3,(H,8,9). The first kappa shape index (κ1) is 6.81. The third kappa shape index (κ3) is 1.82. The molecule has 9 heavy (non-hydrogen) atoms. The molecule has 0 aromatic carbocycles. The van der Waals surface area contributed by atoms with Crippen molar-refractivity contribution in [1.82, 2.24) is 5.32 Å². The normalized spacial score (nSPS) is 25.1. The van der Waals surface area contributed by atoms with Crippen molar-refractivity contribution in [3.05, 3.63) is 10.7 Å². The van der Waals surface area contributed by atoms with E-state index in [0.717, 1.165) is 11.0 Å². The fourth-order valence-electron chi connectivity index (χ4n) is 0.633. The van der Waals surface area contributed by atoms with Gasteiger partial charge in [-0.15, -0.1) is 0 Å². The minimum atomic E-state index is 0.400. The zero-order valence-corrected chi connectivity index (χ0v) is 6.77. The third-order valence-electron chi connectivity index (χ3n) is 1.19. The highest BCUT2D eigenvalue weighted by Crippen LogP contribution is 2.10. The highest BCUT2D eigenvalue weighted by Gasteiger charge is 2.04. The van der Waals surface area contributed by atoms with E-state index in [4.69, 9.17) is 0 Å². The molecule has 0 bridgehead atoms. The molecule has 0 spiro atoms. The highest BCUT2D eigenvalue weighted by molar-refractivity contribution is 9.11. The SMILES string of the molecule is CCC1C=C(Br)N=[C]N1. The molecule has 0 saturated carbocycles. The van der Waals surface area contributed by atoms with Crippen molar-refractivity contribution >= 4 is 22.3 Å². The Balaban J connectivity index is 2.55. The predicted octanol–water partition coefficient (Wildman–Crippen LogP) is 1.51. The number of hydrogen-bond donors (Lipinski definition) is 1. The lowest BCUT2D eigenvalue weighted by Gasteiger charge is -2.12. The van der Waals surface area contributed by atoms with Crippen molar-refractivity contribution in [2.75, 3.05) is 0 Å². The average molecular weight is 188 g/mol. The molecule has 1 aliphatic heterocycles. The zero-order valence-electron chi connectivity index (χ0n) is 5.19. The summed E-state index contributed by atoms with van der Waals surface area (Å²) in [5, 5.41) is 2.98. The van der Waals surface area contributed by atoms with Crippen molar-refractivity contribution < 1.29 is 0 Å². The molecule has 0 aliphatic carbocycles. The van der Waals surface area contributed by atoms with Crippen molar-refractivity contribution in [2.45, 2.75) is 19.4 Å². The molecule has 2 nitrogen and oxygen atoms in total. The summed E-state index contributed by atoms with van der Waals surface area (Å²) < 4.78 is 0.869. The molecule has 0 aromatic rings. The largest absolute Gasteiger partial charge is 0.361 e. The van der Waals surface area contributed by atoms with Crippen LogP contribution < -0.4 is 5.32 Å². The first-order valence-electron chi connectivity index (χ1n) is 2.91. The lowest BCUT2D eigenvalue weighted by atomic mass is 10.2. The highest BCUT2D eigenvalue weighted by atomic mass is 79.9. The van der Waals surface area contributed by atoms with Gasteiger partial charge in [0, 0.05) is 6.04 Å². The maximum Gasteiger partial charge on any atom is 0.170 e. The van der Waals surface area contributed by atoms with Crippen LogP contribution in [-0.4, -0.2) is 12.4 Å². The Morgan fingerprint density at radius 3 is 3.22 bits per heavy atom. The Hall–Kier alpha value is -0.310. The molecule has 1 radical (unpaired) electrons. The Morgan fingerprint density at radius 2 is 2.78 bits per heavy atom. The second-order valence-electron chi connectivity index (χ2n) is 1.87. The van der Waals surface area contributed by atoms with Gasteiger partial charge in [0.1, 0.15) is 4.61 Å². The van der Waals surface area contributed by atoms with Crippen LogP contribution in [0.25, 0.3) is 0 Å². The molecule has 0 saturated heterocycles. The van der Waals surface area contributed by atoms with E-state index in [9.17, 15) is 0 Å². The number of rotatable bonds is 1. The Morgan fingerprint density at radius 1 is 2.00 bits per heavy atom. The molecular formula is C6H8BrN2. The first-order valence-corrected chi connectivity index (χ1v) is 3.71. The second-order valence-corrected chi connectivity index (χ2v) is 2.68. The van der Waals surface area contributed by atoms with E-state index in [-0.39, 0.29) is 0 Å². The van der Waals surface area contributed by atoms with Crippen molar-refractivity contribution in [3.63, 3.8) is 0 Å². The summed E-state index contributed by atoms with van der Waals surface area (Å²) in [6, 6.07) is 0.400. The minimum Gasteiger partial charge on any atom is -0.361 e. The van der Waals surface area contributed by atoms with Crippen molar-refractivity contribution in [2.24, 2.45) is 4.99 Å². The average Bonchev–Trinajstić information content (AvgIpc) is 1.88. The van der Waals surface area contributed by atoms with Gasteiger partial charge in [-0.25, -0.2) is 4.99 Å². The molecule has 0 fully saturated rings. The van der Waals surface area contributed by atoms with Crippen LogP contribution in [0.1, 0.15) is 13.3 Å². The van der Waals surface area contributed by atoms with Crippen LogP contribution in [0.15, 0.2) is 15.7 Å². The first-order chi connectivity index (χ1) is 4.33. The molecule has 1 N–H and O–H groups in total. The van der Waals surface area contributed by atoms with Gasteiger partial charge in [0.2, 0.25) is 0 Å². The number of nitrogens with one attached hydrogen (secondary N) is 1. The molecule has 0 amide bonds. The summed E-state index contributed by atoms with van der Waals surface area (Å²) in [7, 11) is 0. The van der Waals surface area contributed by atoms with Gasteiger partial charge >= 0.3 is 0 Å². The number of hydrogen-bond acceptors (Lipinski definition) is 2. The van der Waals surface area contributed by atoms with Crippen molar-refractivity contribution in [3.8, 4) is 0 Å². The number of nitrogens with zero attached hydrogens (tertiary/aromatic N) is 1. The summed E-state index contributed by atoms with van der Waals surface area (Å²) in [6.45, 7) is 2.11. The monoisotopic (exact) mass is 187 g/mol. The molecule has 1 unspecified atom stereocenters. The van der Waals surface area contributed by atoms with E-state index in [2.05, 4.69) is 39.5 Å². The van der Waals surface area contributed by atoms with Gasteiger partial charge in [-0.1, -0.05) is 6.92 Å². The second kappa shape index (κ2) is 3.01. The lowest BCUT2D eigenvalue weighted by molar-refractivity contribution is 0.700. The Bertz CT molecular complexity index is 151. The van der Waals surface area contributed by atoms with Crippen LogP contribution in [0, 0.1) is 0 Å². The molecule has 1 rings (SSSR count). The summed E-state index contributed by atoms with van der Waals surface area (Å²) in [5.41, 5.74) is 0. The quantitative estimate of drug-likeness (QED) is 0.619. The number of aliphatic imine (C=N–C) groups is 1. The molecule has 1 heterocycles. The smallest absolute Gasteiger partial charge is 0.170 e. The predicted molar refractivity (Wildman–Crippen MR) is 41.7 cm³/mol. The minimum absolute atomic E-state index is 0.400. The summed E-state index contributed by atoms with van der Waals surface area (Å²) in [5.74, 6) is 0. The van der Waals surface area contributed by atoms with Gasteiger partial charge in [-0.3, -0.25) is 0 Å². The van der Waals surface area contributed by atoms with Gasteiger partial charge in [0.05, 0.1) is 0 Å². The summed E-state index contributed by atoms with van der Waals surface area (Å²) in [4.78, 5) is 3.84. The van der Waals surface area contributed by atoms with Crippen LogP contribution in [0.3, 0.4) is 0 Å². The van der Waals surface area contributed by atoms with Gasteiger partial charge in [0.15, 0.2) is 6.34 Å². The van der Waals surface area contributed by atoms with E-state index < -0.39 is 0 Å². The van der Waals surface area contributed by atoms with Gasteiger partial charge in [-0.05, 0) is 28.4 Å². The molecule has 49 valence electrons. The van der Waals surface area contributed by atoms with E-state index in [1.54, 1.807) is 0 Å². The molecule has 0 aromatic heterocycles. The molecule has 3 heteroatoms. The van der Waals surface area contributed by atoms with E-state index >= 15 is 0 Å². The summed E-state index contributed by atoms with van der Waals surface area (Å²) >= 11 is 3.26. The lowest BCUT2D eigenvalue weighted by Crippen LogP contribution is -2.27. The van der Waals surface area contributed by atoms with Crippen LogP contribution >= 0.6 is 15.9 Å². The van der Waals surface area contributed by atoms with Crippen LogP contribution in [-0.2, 0) is 0 Å². The maximum atomic E-state index is 3.84. The zero-order chi connectivity index (χ0) is 6.69. The van der Waals surface area contributed by atoms with Crippen LogP contribution in [0.2, 0.25) is 0 Å². The fourth-order valence-corrected chi connectivity index (χ4v) is 1.04. The summed E-state index contributed by atoms with van der Waals surface area (Å²) in [6.07, 6.45) is 5.79. The maximum absolute atomic E-state index is 3.84. The molecule has 1 atom stereocenters.